The van der Waals surface area contributed by atoms with Crippen molar-refractivity contribution in [3.63, 3.8) is 0 Å². The molecule has 1 aliphatic heterocycles. The number of aliphatic hydroxyl groups is 1. The Balaban J connectivity index is 1.91. The van der Waals surface area contributed by atoms with Crippen molar-refractivity contribution in [2.24, 2.45) is 0 Å². The number of piperidine rings is 1. The molecular formula is C19H30N2O2. The Morgan fingerprint density at radius 2 is 1.83 bits per heavy atom. The van der Waals surface area contributed by atoms with Crippen LogP contribution in [0, 0.1) is 0 Å². The second kappa shape index (κ2) is 9.04. The fourth-order valence-corrected chi connectivity index (χ4v) is 3.53. The number of aliphatic hydroxyl groups excluding tert-OH is 1. The second-order valence-corrected chi connectivity index (χ2v) is 6.67. The maximum atomic E-state index is 12.7. The first-order valence-corrected chi connectivity index (χ1v) is 8.80. The number of nitrogens with zero attached hydrogens (tertiary/aromatic N) is 2. The first-order valence-electron chi connectivity index (χ1n) is 8.80. The van der Waals surface area contributed by atoms with Gasteiger partial charge in [-0.25, -0.2) is 0 Å². The Labute approximate surface area is 140 Å². The van der Waals surface area contributed by atoms with E-state index < -0.39 is 0 Å². The lowest BCUT2D eigenvalue weighted by atomic mass is 9.97. The Hall–Kier alpha value is -1.39. The molecular weight excluding hydrogens is 288 g/mol. The van der Waals surface area contributed by atoms with Crippen LogP contribution in [0.5, 0.6) is 0 Å². The van der Waals surface area contributed by atoms with Gasteiger partial charge in [0.05, 0.1) is 13.2 Å². The van der Waals surface area contributed by atoms with E-state index in [4.69, 9.17) is 0 Å². The van der Waals surface area contributed by atoms with Crippen molar-refractivity contribution in [2.75, 3.05) is 26.2 Å². The SMILES string of the molecule is CC1CCCC(C)N1C(=O)CN(CCO)CCc1ccccc1. The average Bonchev–Trinajstić information content (AvgIpc) is 2.53. The third-order valence-corrected chi connectivity index (χ3v) is 4.82. The highest BCUT2D eigenvalue weighted by molar-refractivity contribution is 5.79. The summed E-state index contributed by atoms with van der Waals surface area (Å²) in [6.07, 6.45) is 4.31. The van der Waals surface area contributed by atoms with E-state index >= 15 is 0 Å². The molecule has 4 heteroatoms. The highest BCUT2D eigenvalue weighted by Crippen LogP contribution is 2.22. The topological polar surface area (TPSA) is 43.8 Å². The van der Waals surface area contributed by atoms with Crippen molar-refractivity contribution >= 4 is 5.91 Å². The van der Waals surface area contributed by atoms with Crippen molar-refractivity contribution in [1.29, 1.82) is 0 Å². The van der Waals surface area contributed by atoms with Gasteiger partial charge in [0.2, 0.25) is 5.91 Å². The predicted octanol–water partition coefficient (Wildman–Crippen LogP) is 2.31. The predicted molar refractivity (Wildman–Crippen MR) is 93.3 cm³/mol. The van der Waals surface area contributed by atoms with Crippen LogP contribution in [0.25, 0.3) is 0 Å². The summed E-state index contributed by atoms with van der Waals surface area (Å²) in [5, 5.41) is 9.29. The summed E-state index contributed by atoms with van der Waals surface area (Å²) >= 11 is 0. The van der Waals surface area contributed by atoms with Gasteiger partial charge < -0.3 is 10.0 Å². The number of hydrogen-bond acceptors (Lipinski definition) is 3. The van der Waals surface area contributed by atoms with Crippen LogP contribution in [0.3, 0.4) is 0 Å². The summed E-state index contributed by atoms with van der Waals surface area (Å²) in [5.74, 6) is 0.200. The van der Waals surface area contributed by atoms with Gasteiger partial charge in [-0.3, -0.25) is 9.69 Å². The van der Waals surface area contributed by atoms with Crippen molar-refractivity contribution in [2.45, 2.75) is 51.6 Å². The lowest BCUT2D eigenvalue weighted by Gasteiger charge is -2.40. The van der Waals surface area contributed by atoms with E-state index in [-0.39, 0.29) is 12.5 Å². The first-order chi connectivity index (χ1) is 11.1. The summed E-state index contributed by atoms with van der Waals surface area (Å²) in [6, 6.07) is 11.0. The molecule has 1 N–H and O–H groups in total. The van der Waals surface area contributed by atoms with Gasteiger partial charge >= 0.3 is 0 Å². The standard InChI is InChI=1S/C19H30N2O2/c1-16-7-6-8-17(2)21(16)19(23)15-20(13-14-22)12-11-18-9-4-3-5-10-18/h3-5,9-10,16-17,22H,6-8,11-15H2,1-2H3. The second-order valence-electron chi connectivity index (χ2n) is 6.67. The Morgan fingerprint density at radius 1 is 1.17 bits per heavy atom. The molecule has 1 aliphatic rings. The molecule has 0 saturated carbocycles. The van der Waals surface area contributed by atoms with Crippen molar-refractivity contribution in [3.8, 4) is 0 Å². The van der Waals surface area contributed by atoms with Gasteiger partial charge in [0.1, 0.15) is 0 Å². The minimum Gasteiger partial charge on any atom is -0.395 e. The van der Waals surface area contributed by atoms with Crippen LogP contribution in [-0.2, 0) is 11.2 Å². The fraction of sp³-hybridized carbons (Fsp3) is 0.632. The summed E-state index contributed by atoms with van der Waals surface area (Å²) in [5.41, 5.74) is 1.27. The zero-order valence-electron chi connectivity index (χ0n) is 14.4. The van der Waals surface area contributed by atoms with Gasteiger partial charge in [-0.15, -0.1) is 0 Å². The molecule has 2 rings (SSSR count). The Kier molecular flexibility index (Phi) is 7.06. The molecule has 1 fully saturated rings. The van der Waals surface area contributed by atoms with E-state index in [2.05, 4.69) is 35.8 Å². The highest BCUT2D eigenvalue weighted by atomic mass is 16.3. The molecule has 1 aromatic carbocycles. The Bertz CT molecular complexity index is 468. The molecule has 0 bridgehead atoms. The number of carbonyl (C=O) groups excluding carboxylic acids is 1. The molecule has 1 heterocycles. The van der Waals surface area contributed by atoms with Crippen LogP contribution in [0.2, 0.25) is 0 Å². The summed E-state index contributed by atoms with van der Waals surface area (Å²) < 4.78 is 0. The zero-order chi connectivity index (χ0) is 16.7. The normalized spacial score (nSPS) is 21.7. The first kappa shape index (κ1) is 18.0. The third kappa shape index (κ3) is 5.33. The summed E-state index contributed by atoms with van der Waals surface area (Å²) in [4.78, 5) is 16.8. The molecule has 2 unspecified atom stereocenters. The molecule has 0 aliphatic carbocycles. The van der Waals surface area contributed by atoms with Crippen LogP contribution in [0.4, 0.5) is 0 Å². The lowest BCUT2D eigenvalue weighted by Crippen LogP contribution is -2.51. The van der Waals surface area contributed by atoms with Crippen LogP contribution >= 0.6 is 0 Å². The quantitative estimate of drug-likeness (QED) is 0.839. The van der Waals surface area contributed by atoms with Gasteiger partial charge in [0, 0.05) is 25.2 Å². The number of rotatable bonds is 7. The number of hydrogen-bond donors (Lipinski definition) is 1. The van der Waals surface area contributed by atoms with Crippen LogP contribution in [0.15, 0.2) is 30.3 Å². The molecule has 1 amide bonds. The number of benzene rings is 1. The smallest absolute Gasteiger partial charge is 0.237 e. The minimum absolute atomic E-state index is 0.0905. The van der Waals surface area contributed by atoms with Gasteiger partial charge in [0.15, 0.2) is 0 Å². The molecule has 0 spiro atoms. The molecule has 0 radical (unpaired) electrons. The van der Waals surface area contributed by atoms with E-state index in [0.29, 0.717) is 25.2 Å². The van der Waals surface area contributed by atoms with E-state index in [9.17, 15) is 9.90 Å². The monoisotopic (exact) mass is 318 g/mol. The highest BCUT2D eigenvalue weighted by Gasteiger charge is 2.29. The van der Waals surface area contributed by atoms with E-state index in [1.807, 2.05) is 18.2 Å². The summed E-state index contributed by atoms with van der Waals surface area (Å²) in [7, 11) is 0. The lowest BCUT2D eigenvalue weighted by molar-refractivity contribution is -0.138. The van der Waals surface area contributed by atoms with E-state index in [1.54, 1.807) is 0 Å². The van der Waals surface area contributed by atoms with Gasteiger partial charge in [0.25, 0.3) is 0 Å². The van der Waals surface area contributed by atoms with Crippen LogP contribution in [-0.4, -0.2) is 59.1 Å². The zero-order valence-corrected chi connectivity index (χ0v) is 14.4. The molecule has 128 valence electrons. The summed E-state index contributed by atoms with van der Waals surface area (Å²) in [6.45, 7) is 6.14. The van der Waals surface area contributed by atoms with Crippen LogP contribution in [0.1, 0.15) is 38.7 Å². The van der Waals surface area contributed by atoms with Crippen molar-refractivity contribution in [1.82, 2.24) is 9.80 Å². The fourth-order valence-electron chi connectivity index (χ4n) is 3.53. The maximum Gasteiger partial charge on any atom is 0.237 e. The number of amides is 1. The number of likely N-dealkylation sites (tertiary alicyclic amines) is 1. The Morgan fingerprint density at radius 3 is 2.43 bits per heavy atom. The third-order valence-electron chi connectivity index (χ3n) is 4.82. The van der Waals surface area contributed by atoms with Crippen LogP contribution < -0.4 is 0 Å². The molecule has 1 saturated heterocycles. The van der Waals surface area contributed by atoms with Gasteiger partial charge in [-0.05, 0) is 45.1 Å². The van der Waals surface area contributed by atoms with E-state index in [1.165, 1.54) is 12.0 Å². The van der Waals surface area contributed by atoms with Gasteiger partial charge in [-0.1, -0.05) is 30.3 Å². The molecule has 2 atom stereocenters. The molecule has 1 aromatic rings. The minimum atomic E-state index is 0.0905. The average molecular weight is 318 g/mol. The van der Waals surface area contributed by atoms with Crippen molar-refractivity contribution in [3.05, 3.63) is 35.9 Å². The molecule has 23 heavy (non-hydrogen) atoms. The number of carbonyl (C=O) groups is 1. The largest absolute Gasteiger partial charge is 0.395 e. The maximum absolute atomic E-state index is 12.7. The molecule has 4 nitrogen and oxygen atoms in total. The molecule has 0 aromatic heterocycles. The van der Waals surface area contributed by atoms with E-state index in [0.717, 1.165) is 25.8 Å². The van der Waals surface area contributed by atoms with Crippen molar-refractivity contribution < 1.29 is 9.90 Å². The van der Waals surface area contributed by atoms with Gasteiger partial charge in [-0.2, -0.15) is 0 Å².